The molecule has 27 heavy (non-hydrogen) atoms. The first-order chi connectivity index (χ1) is 13.2. The van der Waals surface area contributed by atoms with Crippen molar-refractivity contribution in [2.24, 2.45) is 15.3 Å². The quantitative estimate of drug-likeness (QED) is 0.204. The number of hydrazone groups is 1. The Morgan fingerprint density at radius 3 is 2.67 bits per heavy atom. The lowest BCUT2D eigenvalue weighted by Crippen LogP contribution is -2.02. The van der Waals surface area contributed by atoms with E-state index in [1.165, 1.54) is 18.4 Å². The first kappa shape index (κ1) is 18.7. The number of carbonyl (C=O) groups excluding carboxylic acids is 1. The van der Waals surface area contributed by atoms with E-state index in [4.69, 9.17) is 0 Å². The van der Waals surface area contributed by atoms with Crippen molar-refractivity contribution in [3.05, 3.63) is 54.1 Å². The van der Waals surface area contributed by atoms with Crippen LogP contribution in [0.5, 0.6) is 0 Å². The number of methoxy groups -OCH3 is 1. The second-order valence-electron chi connectivity index (χ2n) is 5.62. The summed E-state index contributed by atoms with van der Waals surface area (Å²) in [4.78, 5) is 15.9. The minimum absolute atomic E-state index is 0.374. The number of esters is 1. The number of azo groups is 1. The molecule has 1 heterocycles. The number of para-hydroxylation sites is 1. The zero-order chi connectivity index (χ0) is 19.1. The number of rotatable bonds is 6. The number of carbonyl (C=O) groups is 1. The van der Waals surface area contributed by atoms with Crippen molar-refractivity contribution in [2.75, 3.05) is 12.5 Å². The number of nitrogens with zero attached hydrogens (tertiary/aromatic N) is 4. The largest absolute Gasteiger partial charge is 0.465 e. The van der Waals surface area contributed by atoms with E-state index in [0.29, 0.717) is 23.0 Å². The molecule has 3 rings (SSSR count). The fraction of sp³-hybridized carbons (Fsp3) is 0.211. The molecule has 0 aliphatic carbocycles. The molecule has 0 saturated heterocycles. The van der Waals surface area contributed by atoms with Gasteiger partial charge in [0.15, 0.2) is 5.84 Å². The number of amidine groups is 1. The third-order valence-electron chi connectivity index (χ3n) is 3.63. The summed E-state index contributed by atoms with van der Waals surface area (Å²) in [6, 6.07) is 14.7. The minimum atomic E-state index is -0.374. The summed E-state index contributed by atoms with van der Waals surface area (Å²) in [6.07, 6.45) is 1.57. The lowest BCUT2D eigenvalue weighted by Gasteiger charge is -2.03. The van der Waals surface area contributed by atoms with E-state index in [9.17, 15) is 4.79 Å². The van der Waals surface area contributed by atoms with Crippen molar-refractivity contribution >= 4 is 44.2 Å². The third kappa shape index (κ3) is 4.95. The fourth-order valence-corrected chi connectivity index (χ4v) is 3.07. The SMILES string of the molecule is CCCC(N=Nc1nc2ccccc2s1)=NNc1ccc(C(=O)OC)cc1. The lowest BCUT2D eigenvalue weighted by atomic mass is 10.2. The molecular weight excluding hydrogens is 362 g/mol. The Bertz CT molecular complexity index is 946. The maximum atomic E-state index is 11.5. The van der Waals surface area contributed by atoms with Crippen LogP contribution in [0.15, 0.2) is 63.9 Å². The minimum Gasteiger partial charge on any atom is -0.465 e. The average Bonchev–Trinajstić information content (AvgIpc) is 3.13. The predicted molar refractivity (Wildman–Crippen MR) is 108 cm³/mol. The molecule has 138 valence electrons. The molecule has 0 saturated carbocycles. The van der Waals surface area contributed by atoms with Gasteiger partial charge in [0.2, 0.25) is 5.13 Å². The fourth-order valence-electron chi connectivity index (χ4n) is 2.28. The Labute approximate surface area is 160 Å². The van der Waals surface area contributed by atoms with E-state index in [1.807, 2.05) is 31.2 Å². The molecule has 0 amide bonds. The number of fused-ring (bicyclic) bond motifs is 1. The molecular formula is C19H19N5O2S. The number of benzene rings is 2. The number of hydrogen-bond acceptors (Lipinski definition) is 7. The zero-order valence-electron chi connectivity index (χ0n) is 15.0. The van der Waals surface area contributed by atoms with Gasteiger partial charge < -0.3 is 4.74 Å². The first-order valence-corrected chi connectivity index (χ1v) is 9.29. The maximum Gasteiger partial charge on any atom is 0.337 e. The van der Waals surface area contributed by atoms with Crippen LogP contribution in [0.25, 0.3) is 10.2 Å². The topological polar surface area (TPSA) is 88.3 Å². The summed E-state index contributed by atoms with van der Waals surface area (Å²) in [7, 11) is 1.35. The highest BCUT2D eigenvalue weighted by molar-refractivity contribution is 7.21. The van der Waals surface area contributed by atoms with Crippen LogP contribution < -0.4 is 5.43 Å². The molecule has 0 radical (unpaired) electrons. The van der Waals surface area contributed by atoms with Gasteiger partial charge in [-0.2, -0.15) is 5.10 Å². The van der Waals surface area contributed by atoms with E-state index in [2.05, 4.69) is 30.5 Å². The number of ether oxygens (including phenoxy) is 1. The van der Waals surface area contributed by atoms with Gasteiger partial charge in [-0.3, -0.25) is 5.43 Å². The van der Waals surface area contributed by atoms with Gasteiger partial charge in [-0.15, -0.1) is 10.2 Å². The summed E-state index contributed by atoms with van der Waals surface area (Å²) >= 11 is 1.49. The average molecular weight is 381 g/mol. The number of aromatic nitrogens is 1. The van der Waals surface area contributed by atoms with Gasteiger partial charge >= 0.3 is 5.97 Å². The molecule has 0 aliphatic heterocycles. The van der Waals surface area contributed by atoms with Crippen molar-refractivity contribution in [3.8, 4) is 0 Å². The zero-order valence-corrected chi connectivity index (χ0v) is 15.9. The van der Waals surface area contributed by atoms with Crippen LogP contribution in [-0.4, -0.2) is 23.9 Å². The molecule has 3 aromatic rings. The molecule has 7 nitrogen and oxygen atoms in total. The standard InChI is InChI=1S/C19H19N5O2S/c1-3-6-17(22-21-14-11-9-13(10-12-14)18(25)26-2)23-24-19-20-15-7-4-5-8-16(15)27-19/h4-5,7-12,21H,3,6H2,1-2H3. The van der Waals surface area contributed by atoms with E-state index in [1.54, 1.807) is 24.3 Å². The Morgan fingerprint density at radius 2 is 1.96 bits per heavy atom. The van der Waals surface area contributed by atoms with E-state index < -0.39 is 0 Å². The lowest BCUT2D eigenvalue weighted by molar-refractivity contribution is 0.0601. The summed E-state index contributed by atoms with van der Waals surface area (Å²) < 4.78 is 5.76. The molecule has 0 atom stereocenters. The second-order valence-corrected chi connectivity index (χ2v) is 6.63. The van der Waals surface area contributed by atoms with Gasteiger partial charge in [-0.05, 0) is 42.8 Å². The van der Waals surface area contributed by atoms with Crippen LogP contribution in [0, 0.1) is 0 Å². The highest BCUT2D eigenvalue weighted by Crippen LogP contribution is 2.27. The van der Waals surface area contributed by atoms with E-state index >= 15 is 0 Å². The van der Waals surface area contributed by atoms with Crippen molar-refractivity contribution in [1.82, 2.24) is 4.98 Å². The smallest absolute Gasteiger partial charge is 0.337 e. The Hall–Kier alpha value is -3.13. The van der Waals surface area contributed by atoms with Crippen molar-refractivity contribution in [3.63, 3.8) is 0 Å². The predicted octanol–water partition coefficient (Wildman–Crippen LogP) is 5.39. The van der Waals surface area contributed by atoms with Gasteiger partial charge in [0.1, 0.15) is 0 Å². The van der Waals surface area contributed by atoms with Crippen molar-refractivity contribution in [2.45, 2.75) is 19.8 Å². The highest BCUT2D eigenvalue weighted by Gasteiger charge is 2.05. The highest BCUT2D eigenvalue weighted by atomic mass is 32.1. The van der Waals surface area contributed by atoms with Crippen LogP contribution in [0.4, 0.5) is 10.8 Å². The van der Waals surface area contributed by atoms with Crippen LogP contribution in [0.3, 0.4) is 0 Å². The van der Waals surface area contributed by atoms with Crippen LogP contribution in [0.2, 0.25) is 0 Å². The Morgan fingerprint density at radius 1 is 1.19 bits per heavy atom. The maximum absolute atomic E-state index is 11.5. The molecule has 0 unspecified atom stereocenters. The molecule has 1 aromatic heterocycles. The number of thiazole rings is 1. The van der Waals surface area contributed by atoms with Crippen LogP contribution in [-0.2, 0) is 4.74 Å². The molecule has 0 aliphatic rings. The molecule has 8 heteroatoms. The molecule has 2 aromatic carbocycles. The first-order valence-electron chi connectivity index (χ1n) is 8.48. The van der Waals surface area contributed by atoms with Crippen LogP contribution >= 0.6 is 11.3 Å². The molecule has 0 bridgehead atoms. The summed E-state index contributed by atoms with van der Waals surface area (Å²) in [6.45, 7) is 2.05. The monoisotopic (exact) mass is 381 g/mol. The Balaban J connectivity index is 1.71. The Kier molecular flexibility index (Phi) is 6.22. The van der Waals surface area contributed by atoms with Crippen molar-refractivity contribution in [1.29, 1.82) is 0 Å². The van der Waals surface area contributed by atoms with Crippen LogP contribution in [0.1, 0.15) is 30.1 Å². The molecule has 0 spiro atoms. The van der Waals surface area contributed by atoms with Gasteiger partial charge in [-0.1, -0.05) is 30.4 Å². The second kappa shape index (κ2) is 9.00. The van der Waals surface area contributed by atoms with E-state index in [0.717, 1.165) is 22.3 Å². The number of anilines is 1. The van der Waals surface area contributed by atoms with Gasteiger partial charge in [0.05, 0.1) is 28.6 Å². The van der Waals surface area contributed by atoms with E-state index in [-0.39, 0.29) is 5.97 Å². The molecule has 0 fully saturated rings. The third-order valence-corrected chi connectivity index (χ3v) is 4.55. The normalized spacial score (nSPS) is 11.9. The summed E-state index contributed by atoms with van der Waals surface area (Å²) in [5, 5.41) is 13.4. The van der Waals surface area contributed by atoms with Gasteiger partial charge in [-0.25, -0.2) is 9.78 Å². The summed E-state index contributed by atoms with van der Waals surface area (Å²) in [5.74, 6) is 0.204. The number of nitrogens with one attached hydrogen (secondary N) is 1. The summed E-state index contributed by atoms with van der Waals surface area (Å²) in [5.41, 5.74) is 5.08. The van der Waals surface area contributed by atoms with Crippen molar-refractivity contribution < 1.29 is 9.53 Å². The van der Waals surface area contributed by atoms with Gasteiger partial charge in [0, 0.05) is 6.42 Å². The number of hydrogen-bond donors (Lipinski definition) is 1. The molecule has 1 N–H and O–H groups in total. The van der Waals surface area contributed by atoms with Gasteiger partial charge in [0.25, 0.3) is 0 Å².